The quantitative estimate of drug-likeness (QED) is 0.443. The second-order valence-electron chi connectivity index (χ2n) is 3.98. The van der Waals surface area contributed by atoms with Crippen molar-refractivity contribution in [2.45, 2.75) is 0 Å². The number of hydrazine groups is 1. The average molecular weight is 244 g/mol. The number of piperazine rings is 1. The second kappa shape index (κ2) is 7.21. The Morgan fingerprint density at radius 1 is 1.18 bits per heavy atom. The Morgan fingerprint density at radius 2 is 1.82 bits per heavy atom. The van der Waals surface area contributed by atoms with Gasteiger partial charge in [0.1, 0.15) is 0 Å². The molecule has 0 aliphatic carbocycles. The molecule has 7 heteroatoms. The van der Waals surface area contributed by atoms with Gasteiger partial charge in [-0.3, -0.25) is 15.0 Å². The van der Waals surface area contributed by atoms with Gasteiger partial charge < -0.3 is 15.0 Å². The van der Waals surface area contributed by atoms with Gasteiger partial charge in [-0.05, 0) is 7.05 Å². The van der Waals surface area contributed by atoms with E-state index in [1.807, 2.05) is 7.05 Å². The smallest absolute Gasteiger partial charge is 0.323 e. The van der Waals surface area contributed by atoms with Crippen LogP contribution in [0.3, 0.4) is 0 Å². The highest BCUT2D eigenvalue weighted by Crippen LogP contribution is 1.94. The van der Waals surface area contributed by atoms with Gasteiger partial charge in [0.2, 0.25) is 0 Å². The maximum absolute atomic E-state index is 11.5. The molecule has 0 aromatic heterocycles. The van der Waals surface area contributed by atoms with Gasteiger partial charge in [-0.2, -0.15) is 0 Å². The summed E-state index contributed by atoms with van der Waals surface area (Å²) in [5, 5.41) is 4.23. The summed E-state index contributed by atoms with van der Waals surface area (Å²) in [4.78, 5) is 25.0. The lowest BCUT2D eigenvalue weighted by molar-refractivity contribution is -0.142. The Kier molecular flexibility index (Phi) is 5.88. The van der Waals surface area contributed by atoms with Crippen molar-refractivity contribution in [3.63, 3.8) is 0 Å². The van der Waals surface area contributed by atoms with Gasteiger partial charge >= 0.3 is 11.8 Å². The van der Waals surface area contributed by atoms with Gasteiger partial charge in [-0.15, -0.1) is 0 Å². The van der Waals surface area contributed by atoms with Gasteiger partial charge in [-0.1, -0.05) is 0 Å². The van der Waals surface area contributed by atoms with E-state index in [1.54, 1.807) is 5.01 Å². The number of nitrogens with zero attached hydrogens (tertiary/aromatic N) is 2. The van der Waals surface area contributed by atoms with Gasteiger partial charge in [0, 0.05) is 39.8 Å². The molecule has 0 aromatic rings. The molecule has 0 atom stereocenters. The fraction of sp³-hybridized carbons (Fsp3) is 0.800. The van der Waals surface area contributed by atoms with Crippen LogP contribution in [0.4, 0.5) is 0 Å². The Morgan fingerprint density at radius 3 is 2.41 bits per heavy atom. The fourth-order valence-corrected chi connectivity index (χ4v) is 1.46. The molecule has 1 heterocycles. The molecule has 7 nitrogen and oxygen atoms in total. The molecule has 2 amide bonds. The lowest BCUT2D eigenvalue weighted by atomic mass is 10.4. The summed E-state index contributed by atoms with van der Waals surface area (Å²) in [7, 11) is 3.56. The average Bonchev–Trinajstić information content (AvgIpc) is 2.32. The van der Waals surface area contributed by atoms with Crippen LogP contribution in [0.15, 0.2) is 0 Å². The minimum Gasteiger partial charge on any atom is -0.383 e. The van der Waals surface area contributed by atoms with Crippen molar-refractivity contribution in [2.24, 2.45) is 0 Å². The molecule has 0 saturated carbocycles. The number of carbonyl (C=O) groups excluding carboxylic acids is 2. The number of amides is 2. The lowest BCUT2D eigenvalue weighted by Gasteiger charge is -2.32. The predicted molar refractivity (Wildman–Crippen MR) is 62.1 cm³/mol. The third-order valence-corrected chi connectivity index (χ3v) is 2.56. The first kappa shape index (κ1) is 13.9. The standard InChI is InChI=1S/C10H20N4O3/c1-13-4-6-14(7-5-13)12-10(16)9(15)11-3-8-17-2/h3-8H2,1-2H3,(H,11,15)(H,12,16). The third-order valence-electron chi connectivity index (χ3n) is 2.56. The zero-order valence-electron chi connectivity index (χ0n) is 10.4. The number of methoxy groups -OCH3 is 1. The number of ether oxygens (including phenoxy) is 1. The van der Waals surface area contributed by atoms with E-state index in [0.717, 1.165) is 26.2 Å². The molecular weight excluding hydrogens is 224 g/mol. The zero-order chi connectivity index (χ0) is 12.7. The number of rotatable bonds is 4. The Labute approximate surface area is 101 Å². The summed E-state index contributed by atoms with van der Waals surface area (Å²) in [6, 6.07) is 0. The van der Waals surface area contributed by atoms with E-state index in [2.05, 4.69) is 15.6 Å². The summed E-state index contributed by atoms with van der Waals surface area (Å²) in [5.41, 5.74) is 2.58. The Hall–Kier alpha value is -1.18. The Bertz CT molecular complexity index is 264. The normalized spacial score (nSPS) is 17.8. The van der Waals surface area contributed by atoms with Crippen LogP contribution in [0.25, 0.3) is 0 Å². The molecule has 1 aliphatic rings. The highest BCUT2D eigenvalue weighted by Gasteiger charge is 2.19. The molecule has 98 valence electrons. The maximum Gasteiger partial charge on any atom is 0.323 e. The highest BCUT2D eigenvalue weighted by molar-refractivity contribution is 6.34. The molecule has 1 aliphatic heterocycles. The third kappa shape index (κ3) is 5.12. The minimum absolute atomic E-state index is 0.339. The van der Waals surface area contributed by atoms with Crippen molar-refractivity contribution in [3.8, 4) is 0 Å². The molecule has 1 rings (SSSR count). The fourth-order valence-electron chi connectivity index (χ4n) is 1.46. The van der Waals surface area contributed by atoms with E-state index in [-0.39, 0.29) is 0 Å². The topological polar surface area (TPSA) is 73.9 Å². The lowest BCUT2D eigenvalue weighted by Crippen LogP contribution is -2.55. The first-order chi connectivity index (χ1) is 8.13. The van der Waals surface area contributed by atoms with Crippen LogP contribution in [0.2, 0.25) is 0 Å². The summed E-state index contributed by atoms with van der Waals surface area (Å²) in [5.74, 6) is -1.24. The number of hydrogen-bond donors (Lipinski definition) is 2. The summed E-state index contributed by atoms with van der Waals surface area (Å²) in [6.45, 7) is 3.96. The van der Waals surface area contributed by atoms with Gasteiger partial charge in [0.15, 0.2) is 0 Å². The van der Waals surface area contributed by atoms with E-state index >= 15 is 0 Å². The van der Waals surface area contributed by atoms with Gasteiger partial charge in [0.05, 0.1) is 6.61 Å². The van der Waals surface area contributed by atoms with Crippen LogP contribution in [0.1, 0.15) is 0 Å². The summed E-state index contributed by atoms with van der Waals surface area (Å²) in [6.07, 6.45) is 0. The summed E-state index contributed by atoms with van der Waals surface area (Å²) >= 11 is 0. The van der Waals surface area contributed by atoms with Crippen molar-refractivity contribution >= 4 is 11.8 Å². The largest absolute Gasteiger partial charge is 0.383 e. The van der Waals surface area contributed by atoms with E-state index < -0.39 is 11.8 Å². The molecule has 0 spiro atoms. The second-order valence-corrected chi connectivity index (χ2v) is 3.98. The molecular formula is C10H20N4O3. The molecule has 0 aromatic carbocycles. The van der Waals surface area contributed by atoms with E-state index in [9.17, 15) is 9.59 Å². The SMILES string of the molecule is COCCNC(=O)C(=O)NN1CCN(C)CC1. The van der Waals surface area contributed by atoms with Crippen molar-refractivity contribution in [1.82, 2.24) is 20.7 Å². The van der Waals surface area contributed by atoms with Gasteiger partial charge in [0.25, 0.3) is 0 Å². The molecule has 0 radical (unpaired) electrons. The van der Waals surface area contributed by atoms with Crippen molar-refractivity contribution in [3.05, 3.63) is 0 Å². The maximum atomic E-state index is 11.5. The number of carbonyl (C=O) groups is 2. The minimum atomic E-state index is -0.624. The van der Waals surface area contributed by atoms with Crippen molar-refractivity contribution < 1.29 is 14.3 Å². The van der Waals surface area contributed by atoms with Crippen LogP contribution in [-0.4, -0.2) is 75.2 Å². The monoisotopic (exact) mass is 244 g/mol. The van der Waals surface area contributed by atoms with Crippen molar-refractivity contribution in [2.75, 3.05) is 53.5 Å². The van der Waals surface area contributed by atoms with Crippen LogP contribution in [0, 0.1) is 0 Å². The number of hydrogen-bond acceptors (Lipinski definition) is 5. The first-order valence-corrected chi connectivity index (χ1v) is 5.64. The Balaban J connectivity index is 2.21. The van der Waals surface area contributed by atoms with Crippen LogP contribution in [0.5, 0.6) is 0 Å². The van der Waals surface area contributed by atoms with Gasteiger partial charge in [-0.25, -0.2) is 5.01 Å². The number of nitrogens with one attached hydrogen (secondary N) is 2. The molecule has 2 N–H and O–H groups in total. The molecule has 0 bridgehead atoms. The predicted octanol–water partition coefficient (Wildman–Crippen LogP) is -1.97. The first-order valence-electron chi connectivity index (χ1n) is 5.64. The van der Waals surface area contributed by atoms with Crippen LogP contribution >= 0.6 is 0 Å². The molecule has 0 unspecified atom stereocenters. The summed E-state index contributed by atoms with van der Waals surface area (Å²) < 4.78 is 4.77. The molecule has 1 saturated heterocycles. The van der Waals surface area contributed by atoms with Crippen LogP contribution < -0.4 is 10.7 Å². The van der Waals surface area contributed by atoms with Crippen molar-refractivity contribution in [1.29, 1.82) is 0 Å². The van der Waals surface area contributed by atoms with E-state index in [4.69, 9.17) is 4.74 Å². The molecule has 17 heavy (non-hydrogen) atoms. The van der Waals surface area contributed by atoms with E-state index in [1.165, 1.54) is 7.11 Å². The number of likely N-dealkylation sites (N-methyl/N-ethyl adjacent to an activating group) is 1. The molecule has 1 fully saturated rings. The van der Waals surface area contributed by atoms with E-state index in [0.29, 0.717) is 13.2 Å². The zero-order valence-corrected chi connectivity index (χ0v) is 10.4. The van der Waals surface area contributed by atoms with Crippen LogP contribution in [-0.2, 0) is 14.3 Å². The highest BCUT2D eigenvalue weighted by atomic mass is 16.5.